The molecule has 0 radical (unpaired) electrons. The molecule has 0 saturated heterocycles. The summed E-state index contributed by atoms with van der Waals surface area (Å²) in [5.74, 6) is -3.43. The number of carbonyl (C=O) groups is 1. The maximum Gasteiger partial charge on any atom is 0.341 e. The SMILES string of the molecule is Cc1cc(OCC(=O)O)ccc1SC/C=C(/c1ccccc1)c1ccc(C(F)(F)CF)cc1. The third-order valence-electron chi connectivity index (χ3n) is 4.91. The number of ether oxygens (including phenoxy) is 1. The van der Waals surface area contributed by atoms with Crippen LogP contribution in [-0.2, 0) is 10.7 Å². The number of hydrogen-bond donors (Lipinski definition) is 1. The minimum absolute atomic E-state index is 0.351. The number of aryl methyl sites for hydroxylation is 1. The summed E-state index contributed by atoms with van der Waals surface area (Å²) in [7, 11) is 0. The van der Waals surface area contributed by atoms with Crippen molar-refractivity contribution >= 4 is 23.3 Å². The van der Waals surface area contributed by atoms with Crippen LogP contribution in [0.25, 0.3) is 5.57 Å². The van der Waals surface area contributed by atoms with E-state index in [9.17, 15) is 18.0 Å². The fraction of sp³-hybridized carbons (Fsp3) is 0.192. The summed E-state index contributed by atoms with van der Waals surface area (Å²) in [6.07, 6.45) is 2.02. The summed E-state index contributed by atoms with van der Waals surface area (Å²) in [6, 6.07) is 20.7. The average Bonchev–Trinajstić information content (AvgIpc) is 2.82. The lowest BCUT2D eigenvalue weighted by Gasteiger charge is -2.14. The van der Waals surface area contributed by atoms with Crippen molar-refractivity contribution in [3.63, 3.8) is 0 Å². The van der Waals surface area contributed by atoms with Crippen LogP contribution in [0.4, 0.5) is 13.2 Å². The number of carboxylic acids is 1. The standard InChI is InChI=1S/C26H23F3O3S/c1-18-15-22(32-16-25(30)31)11-12-24(18)33-14-13-23(19-5-3-2-4-6-19)20-7-9-21(10-8-20)26(28,29)17-27/h2-13,15H,14,16-17H2,1H3,(H,30,31)/b23-13-. The van der Waals surface area contributed by atoms with Crippen molar-refractivity contribution in [1.82, 2.24) is 0 Å². The normalized spacial score (nSPS) is 11.9. The molecule has 7 heteroatoms. The van der Waals surface area contributed by atoms with Crippen molar-refractivity contribution in [2.75, 3.05) is 19.0 Å². The Morgan fingerprint density at radius 1 is 1.03 bits per heavy atom. The van der Waals surface area contributed by atoms with Gasteiger partial charge in [-0.15, -0.1) is 11.8 Å². The van der Waals surface area contributed by atoms with Crippen LogP contribution in [0.15, 0.2) is 83.8 Å². The molecule has 3 rings (SSSR count). The minimum atomic E-state index is -3.50. The highest BCUT2D eigenvalue weighted by Crippen LogP contribution is 2.32. The van der Waals surface area contributed by atoms with Gasteiger partial charge in [-0.1, -0.05) is 60.7 Å². The smallest absolute Gasteiger partial charge is 0.341 e. The predicted octanol–water partition coefficient (Wildman–Crippen LogP) is 6.74. The van der Waals surface area contributed by atoms with E-state index in [-0.39, 0.29) is 5.56 Å². The van der Waals surface area contributed by atoms with Crippen LogP contribution >= 0.6 is 11.8 Å². The van der Waals surface area contributed by atoms with Crippen LogP contribution in [0.1, 0.15) is 22.3 Å². The Kier molecular flexibility index (Phi) is 8.22. The summed E-state index contributed by atoms with van der Waals surface area (Å²) >= 11 is 1.59. The largest absolute Gasteiger partial charge is 0.482 e. The molecule has 0 saturated carbocycles. The molecule has 33 heavy (non-hydrogen) atoms. The van der Waals surface area contributed by atoms with Crippen molar-refractivity contribution in [2.45, 2.75) is 17.7 Å². The van der Waals surface area contributed by atoms with E-state index in [1.807, 2.05) is 49.4 Å². The van der Waals surface area contributed by atoms with E-state index in [2.05, 4.69) is 0 Å². The summed E-state index contributed by atoms with van der Waals surface area (Å²) < 4.78 is 45.2. The molecule has 0 unspecified atom stereocenters. The fourth-order valence-corrected chi connectivity index (χ4v) is 4.10. The van der Waals surface area contributed by atoms with E-state index in [1.165, 1.54) is 12.1 Å². The summed E-state index contributed by atoms with van der Waals surface area (Å²) in [4.78, 5) is 11.7. The Bertz CT molecular complexity index is 1110. The Morgan fingerprint density at radius 3 is 2.30 bits per heavy atom. The van der Waals surface area contributed by atoms with Crippen molar-refractivity contribution in [3.05, 3.63) is 101 Å². The van der Waals surface area contributed by atoms with E-state index in [0.717, 1.165) is 27.2 Å². The molecule has 0 spiro atoms. The highest BCUT2D eigenvalue weighted by atomic mass is 32.2. The van der Waals surface area contributed by atoms with Crippen LogP contribution in [0.2, 0.25) is 0 Å². The fourth-order valence-electron chi connectivity index (χ4n) is 3.22. The van der Waals surface area contributed by atoms with Crippen LogP contribution in [-0.4, -0.2) is 30.1 Å². The molecule has 3 aromatic carbocycles. The van der Waals surface area contributed by atoms with Crippen molar-refractivity contribution < 1.29 is 27.8 Å². The van der Waals surface area contributed by atoms with Gasteiger partial charge in [0, 0.05) is 16.2 Å². The molecule has 0 aliphatic rings. The molecular weight excluding hydrogens is 449 g/mol. The van der Waals surface area contributed by atoms with Gasteiger partial charge >= 0.3 is 11.9 Å². The zero-order valence-corrected chi connectivity index (χ0v) is 18.7. The van der Waals surface area contributed by atoms with Crippen molar-refractivity contribution in [2.24, 2.45) is 0 Å². The highest BCUT2D eigenvalue weighted by Gasteiger charge is 2.31. The molecule has 172 valence electrons. The number of halogens is 3. The van der Waals surface area contributed by atoms with Crippen molar-refractivity contribution in [3.8, 4) is 5.75 Å². The minimum Gasteiger partial charge on any atom is -0.482 e. The maximum atomic E-state index is 13.7. The average molecular weight is 473 g/mol. The number of benzene rings is 3. The van der Waals surface area contributed by atoms with Gasteiger partial charge in [-0.05, 0) is 47.4 Å². The third-order valence-corrected chi connectivity index (χ3v) is 6.01. The molecule has 3 nitrogen and oxygen atoms in total. The first-order chi connectivity index (χ1) is 15.8. The third kappa shape index (κ3) is 6.65. The molecule has 0 aliphatic carbocycles. The number of rotatable bonds is 10. The highest BCUT2D eigenvalue weighted by molar-refractivity contribution is 7.99. The molecule has 0 amide bonds. The number of alkyl halides is 3. The van der Waals surface area contributed by atoms with E-state index in [0.29, 0.717) is 11.5 Å². The number of thioether (sulfide) groups is 1. The molecule has 0 aliphatic heterocycles. The van der Waals surface area contributed by atoms with Gasteiger partial charge in [0.15, 0.2) is 13.3 Å². The van der Waals surface area contributed by atoms with Gasteiger partial charge in [0.25, 0.3) is 0 Å². The first-order valence-electron chi connectivity index (χ1n) is 10.2. The topological polar surface area (TPSA) is 46.5 Å². The van der Waals surface area contributed by atoms with Gasteiger partial charge in [0.05, 0.1) is 0 Å². The Labute approximate surface area is 194 Å². The first-order valence-corrected chi connectivity index (χ1v) is 11.2. The zero-order valence-electron chi connectivity index (χ0n) is 17.9. The van der Waals surface area contributed by atoms with E-state index >= 15 is 0 Å². The monoisotopic (exact) mass is 472 g/mol. The van der Waals surface area contributed by atoms with Gasteiger partial charge in [0.1, 0.15) is 5.75 Å². The second-order valence-electron chi connectivity index (χ2n) is 7.32. The Morgan fingerprint density at radius 2 is 1.70 bits per heavy atom. The van der Waals surface area contributed by atoms with Gasteiger partial charge in [-0.2, -0.15) is 8.78 Å². The van der Waals surface area contributed by atoms with Crippen LogP contribution in [0.5, 0.6) is 5.75 Å². The molecular formula is C26H23F3O3S. The molecule has 0 heterocycles. The lowest BCUT2D eigenvalue weighted by Crippen LogP contribution is -2.15. The van der Waals surface area contributed by atoms with Crippen LogP contribution in [0, 0.1) is 6.92 Å². The van der Waals surface area contributed by atoms with Gasteiger partial charge in [0.2, 0.25) is 0 Å². The Balaban J connectivity index is 1.80. The summed E-state index contributed by atoms with van der Waals surface area (Å²) in [5.41, 5.74) is 3.19. The molecule has 0 bridgehead atoms. The second-order valence-corrected chi connectivity index (χ2v) is 8.38. The summed E-state index contributed by atoms with van der Waals surface area (Å²) in [5, 5.41) is 8.73. The second kappa shape index (κ2) is 11.1. The quantitative estimate of drug-likeness (QED) is 0.332. The lowest BCUT2D eigenvalue weighted by atomic mass is 9.96. The van der Waals surface area contributed by atoms with E-state index < -0.39 is 25.2 Å². The van der Waals surface area contributed by atoms with E-state index in [4.69, 9.17) is 9.84 Å². The van der Waals surface area contributed by atoms with Gasteiger partial charge in [-0.3, -0.25) is 0 Å². The van der Waals surface area contributed by atoms with Gasteiger partial charge in [-0.25, -0.2) is 9.18 Å². The molecule has 0 fully saturated rings. The first kappa shape index (κ1) is 24.5. The molecule has 0 aromatic heterocycles. The number of carboxylic acid groups (broad SMARTS) is 1. The molecule has 1 N–H and O–H groups in total. The summed E-state index contributed by atoms with van der Waals surface area (Å²) in [6.45, 7) is -0.212. The lowest BCUT2D eigenvalue weighted by molar-refractivity contribution is -0.139. The number of hydrogen-bond acceptors (Lipinski definition) is 3. The van der Waals surface area contributed by atoms with Crippen LogP contribution < -0.4 is 4.74 Å². The zero-order chi connectivity index (χ0) is 23.8. The van der Waals surface area contributed by atoms with Crippen LogP contribution in [0.3, 0.4) is 0 Å². The van der Waals surface area contributed by atoms with Crippen molar-refractivity contribution in [1.29, 1.82) is 0 Å². The van der Waals surface area contributed by atoms with Gasteiger partial charge < -0.3 is 9.84 Å². The molecule has 0 atom stereocenters. The predicted molar refractivity (Wildman–Crippen MR) is 125 cm³/mol. The van der Waals surface area contributed by atoms with E-state index in [1.54, 1.807) is 36.0 Å². The number of aliphatic carboxylic acids is 1. The maximum absolute atomic E-state index is 13.7. The molecule has 3 aromatic rings. The Hall–Kier alpha value is -3.19.